The van der Waals surface area contributed by atoms with Gasteiger partial charge >= 0.3 is 7.60 Å². The zero-order chi connectivity index (χ0) is 13.9. The summed E-state index contributed by atoms with van der Waals surface area (Å²) >= 11 is 0. The Hall–Kier alpha value is -0.570. The Morgan fingerprint density at radius 3 is 2.68 bits per heavy atom. The topological polar surface area (TPSA) is 44.8 Å². The molecule has 2 rings (SSSR count). The van der Waals surface area contributed by atoms with Gasteiger partial charge in [0.1, 0.15) is 6.10 Å². The number of ether oxygens (including phenoxy) is 1. The maximum absolute atomic E-state index is 12.7. The third-order valence-electron chi connectivity index (χ3n) is 3.62. The van der Waals surface area contributed by atoms with Crippen LogP contribution in [0.25, 0.3) is 0 Å². The third kappa shape index (κ3) is 3.13. The molecular weight excluding hydrogens is 263 g/mol. The van der Waals surface area contributed by atoms with E-state index in [1.54, 1.807) is 0 Å². The predicted molar refractivity (Wildman–Crippen MR) is 74.8 cm³/mol. The highest BCUT2D eigenvalue weighted by Crippen LogP contribution is 2.59. The van der Waals surface area contributed by atoms with E-state index in [1.807, 2.05) is 19.9 Å². The second kappa shape index (κ2) is 6.25. The molecule has 1 heterocycles. The van der Waals surface area contributed by atoms with Crippen LogP contribution in [0.2, 0.25) is 0 Å². The fraction of sp³-hybridized carbons (Fsp3) is 0.714. The summed E-state index contributed by atoms with van der Waals surface area (Å²) in [7, 11) is -3.29. The van der Waals surface area contributed by atoms with E-state index in [2.05, 4.69) is 19.1 Å². The van der Waals surface area contributed by atoms with Crippen molar-refractivity contribution in [2.24, 2.45) is 11.8 Å². The first-order chi connectivity index (χ1) is 9.10. The molecule has 0 bridgehead atoms. The van der Waals surface area contributed by atoms with E-state index >= 15 is 0 Å². The van der Waals surface area contributed by atoms with Gasteiger partial charge in [-0.15, -0.1) is 0 Å². The monoisotopic (exact) mass is 286 g/mol. The van der Waals surface area contributed by atoms with Crippen LogP contribution in [0, 0.1) is 11.8 Å². The van der Waals surface area contributed by atoms with Crippen LogP contribution in [0.5, 0.6) is 0 Å². The number of hydrogen-bond donors (Lipinski definition) is 0. The molecule has 0 aromatic heterocycles. The summed E-state index contributed by atoms with van der Waals surface area (Å²) in [5, 5.41) is 0. The lowest BCUT2D eigenvalue weighted by atomic mass is 9.81. The van der Waals surface area contributed by atoms with Gasteiger partial charge in [0.05, 0.1) is 13.2 Å². The quantitative estimate of drug-likeness (QED) is 0.564. The Morgan fingerprint density at radius 1 is 1.37 bits per heavy atom. The molecule has 0 saturated carbocycles. The molecule has 0 saturated heterocycles. The molecule has 0 radical (unpaired) electrons. The van der Waals surface area contributed by atoms with E-state index < -0.39 is 7.60 Å². The van der Waals surface area contributed by atoms with Crippen LogP contribution in [0.1, 0.15) is 33.6 Å². The number of allylic oxidation sites excluding steroid dienone is 2. The first-order valence-corrected chi connectivity index (χ1v) is 8.59. The van der Waals surface area contributed by atoms with Gasteiger partial charge in [-0.1, -0.05) is 13.0 Å². The van der Waals surface area contributed by atoms with Gasteiger partial charge in [0.15, 0.2) is 0 Å². The van der Waals surface area contributed by atoms with Crippen molar-refractivity contribution < 1.29 is 18.3 Å². The lowest BCUT2D eigenvalue weighted by Gasteiger charge is -2.37. The second-order valence-corrected chi connectivity index (χ2v) is 6.90. The summed E-state index contributed by atoms with van der Waals surface area (Å²) in [6.07, 6.45) is 8.32. The Bertz CT molecular complexity index is 406. The number of hydrogen-bond acceptors (Lipinski definition) is 4. The smallest absolute Gasteiger partial charge is 0.395 e. The van der Waals surface area contributed by atoms with Crippen molar-refractivity contribution >= 4 is 7.60 Å². The van der Waals surface area contributed by atoms with Gasteiger partial charge in [-0.2, -0.15) is 0 Å². The van der Waals surface area contributed by atoms with Crippen LogP contribution in [0.15, 0.2) is 23.7 Å². The Morgan fingerprint density at radius 2 is 2.05 bits per heavy atom. The molecule has 0 N–H and O–H groups in total. The summed E-state index contributed by atoms with van der Waals surface area (Å²) in [6.45, 7) is 6.44. The van der Waals surface area contributed by atoms with E-state index in [4.69, 9.17) is 13.8 Å². The molecule has 3 atom stereocenters. The summed E-state index contributed by atoms with van der Waals surface area (Å²) in [5.74, 6) is 0.790. The zero-order valence-electron chi connectivity index (χ0n) is 11.9. The third-order valence-corrected chi connectivity index (χ3v) is 5.61. The SMILES string of the molecule is CCOP(=O)(OCC)C1=C[C@@H](C)[C@H]2CCC=C[C@@H]2O1. The summed E-state index contributed by atoms with van der Waals surface area (Å²) in [6, 6.07) is 0. The fourth-order valence-electron chi connectivity index (χ4n) is 2.70. The predicted octanol–water partition coefficient (Wildman–Crippen LogP) is 4.10. The van der Waals surface area contributed by atoms with Crippen LogP contribution >= 0.6 is 7.60 Å². The lowest BCUT2D eigenvalue weighted by Crippen LogP contribution is -2.32. The average Bonchev–Trinajstić information content (AvgIpc) is 2.39. The maximum atomic E-state index is 12.7. The summed E-state index contributed by atoms with van der Waals surface area (Å²) < 4.78 is 29.3. The first kappa shape index (κ1) is 14.8. The normalized spacial score (nSPS) is 30.5. The minimum atomic E-state index is -3.29. The Kier molecular flexibility index (Phi) is 4.88. The van der Waals surface area contributed by atoms with E-state index in [-0.39, 0.29) is 6.10 Å². The highest BCUT2D eigenvalue weighted by Gasteiger charge is 2.40. The van der Waals surface area contributed by atoms with Gasteiger partial charge in [0.2, 0.25) is 5.50 Å². The van der Waals surface area contributed by atoms with Gasteiger partial charge in [-0.05, 0) is 44.8 Å². The van der Waals surface area contributed by atoms with Crippen LogP contribution < -0.4 is 0 Å². The van der Waals surface area contributed by atoms with Crippen molar-refractivity contribution in [3.63, 3.8) is 0 Å². The average molecular weight is 286 g/mol. The number of fused-ring (bicyclic) bond motifs is 1. The molecule has 2 aliphatic rings. The van der Waals surface area contributed by atoms with E-state index in [9.17, 15) is 4.57 Å². The van der Waals surface area contributed by atoms with Crippen LogP contribution in [0.4, 0.5) is 0 Å². The van der Waals surface area contributed by atoms with Gasteiger partial charge in [-0.3, -0.25) is 4.57 Å². The molecule has 0 spiro atoms. The molecule has 0 aromatic carbocycles. The van der Waals surface area contributed by atoms with Crippen molar-refractivity contribution in [3.05, 3.63) is 23.7 Å². The minimum Gasteiger partial charge on any atom is -0.478 e. The molecule has 1 aliphatic carbocycles. The van der Waals surface area contributed by atoms with Crippen molar-refractivity contribution in [2.45, 2.75) is 39.7 Å². The van der Waals surface area contributed by atoms with Gasteiger partial charge in [-0.25, -0.2) is 0 Å². The summed E-state index contributed by atoms with van der Waals surface area (Å²) in [5.41, 5.74) is 0.386. The van der Waals surface area contributed by atoms with E-state index in [0.29, 0.717) is 30.5 Å². The molecule has 1 aliphatic heterocycles. The molecule has 19 heavy (non-hydrogen) atoms. The molecule has 0 unspecified atom stereocenters. The molecule has 5 heteroatoms. The minimum absolute atomic E-state index is 0.00186. The Labute approximate surface area is 115 Å². The van der Waals surface area contributed by atoms with Gasteiger partial charge in [0.25, 0.3) is 0 Å². The van der Waals surface area contributed by atoms with E-state index in [1.165, 1.54) is 0 Å². The maximum Gasteiger partial charge on any atom is 0.395 e. The van der Waals surface area contributed by atoms with Gasteiger partial charge < -0.3 is 13.8 Å². The summed E-state index contributed by atoms with van der Waals surface area (Å²) in [4.78, 5) is 0. The highest BCUT2D eigenvalue weighted by molar-refractivity contribution is 7.58. The standard InChI is InChI=1S/C14H23O4P/c1-4-16-19(15,17-5-2)14-10-11(3)12-8-6-7-9-13(12)18-14/h7,9-13H,4-6,8H2,1-3H3/t11-,12-,13+/m1/s1. The molecule has 4 nitrogen and oxygen atoms in total. The zero-order valence-corrected chi connectivity index (χ0v) is 12.8. The van der Waals surface area contributed by atoms with Crippen molar-refractivity contribution in [1.29, 1.82) is 0 Å². The van der Waals surface area contributed by atoms with Crippen LogP contribution in [-0.2, 0) is 18.3 Å². The van der Waals surface area contributed by atoms with Crippen molar-refractivity contribution in [3.8, 4) is 0 Å². The first-order valence-electron chi connectivity index (χ1n) is 7.05. The van der Waals surface area contributed by atoms with Crippen LogP contribution in [-0.4, -0.2) is 19.3 Å². The number of rotatable bonds is 5. The second-order valence-electron chi connectivity index (χ2n) is 4.95. The van der Waals surface area contributed by atoms with Crippen molar-refractivity contribution in [1.82, 2.24) is 0 Å². The van der Waals surface area contributed by atoms with Crippen molar-refractivity contribution in [2.75, 3.05) is 13.2 Å². The molecule has 0 aromatic rings. The molecule has 108 valence electrons. The van der Waals surface area contributed by atoms with E-state index in [0.717, 1.165) is 12.8 Å². The largest absolute Gasteiger partial charge is 0.478 e. The van der Waals surface area contributed by atoms with Crippen LogP contribution in [0.3, 0.4) is 0 Å². The molecular formula is C14H23O4P. The molecule has 0 amide bonds. The molecule has 0 fully saturated rings. The fourth-order valence-corrected chi connectivity index (χ4v) is 4.38. The Balaban J connectivity index is 2.24. The highest BCUT2D eigenvalue weighted by atomic mass is 31.2. The lowest BCUT2D eigenvalue weighted by molar-refractivity contribution is 0.0573. The van der Waals surface area contributed by atoms with Gasteiger partial charge in [0, 0.05) is 5.92 Å².